The van der Waals surface area contributed by atoms with Crippen LogP contribution in [-0.4, -0.2) is 25.3 Å². The molecule has 0 aliphatic rings. The molecule has 0 unspecified atom stereocenters. The van der Waals surface area contributed by atoms with Crippen LogP contribution in [0.25, 0.3) is 22.3 Å². The Bertz CT molecular complexity index is 683. The van der Waals surface area contributed by atoms with E-state index < -0.39 is 0 Å². The van der Waals surface area contributed by atoms with Crippen LogP contribution >= 0.6 is 12.6 Å². The highest BCUT2D eigenvalue weighted by atomic mass is 32.1. The molecule has 0 amide bonds. The van der Waals surface area contributed by atoms with Crippen molar-refractivity contribution in [2.24, 2.45) is 7.05 Å². The molecule has 3 aromatic rings. The fourth-order valence-corrected chi connectivity index (χ4v) is 2.26. The summed E-state index contributed by atoms with van der Waals surface area (Å²) in [6.07, 6.45) is 4.55. The highest BCUT2D eigenvalue weighted by Gasteiger charge is 2.05. The van der Waals surface area contributed by atoms with Gasteiger partial charge in [0.05, 0.1) is 29.3 Å². The number of aromatic amines is 1. The number of H-pyrrole nitrogens is 1. The van der Waals surface area contributed by atoms with Crippen LogP contribution in [0.5, 0.6) is 0 Å². The van der Waals surface area contributed by atoms with Crippen molar-refractivity contribution in [2.45, 2.75) is 6.42 Å². The Labute approximate surface area is 110 Å². The van der Waals surface area contributed by atoms with E-state index in [-0.39, 0.29) is 0 Å². The van der Waals surface area contributed by atoms with E-state index in [9.17, 15) is 0 Å². The maximum Gasteiger partial charge on any atom is 0.107 e. The van der Waals surface area contributed by atoms with Crippen molar-refractivity contribution in [3.63, 3.8) is 0 Å². The summed E-state index contributed by atoms with van der Waals surface area (Å²) in [7, 11) is 2.00. The Kier molecular flexibility index (Phi) is 2.83. The Morgan fingerprint density at radius 3 is 3.06 bits per heavy atom. The molecule has 3 rings (SSSR count). The lowest BCUT2D eigenvalue weighted by molar-refractivity contribution is 0.948. The zero-order valence-corrected chi connectivity index (χ0v) is 11.0. The number of hydrogen-bond donors (Lipinski definition) is 2. The van der Waals surface area contributed by atoms with E-state index in [1.54, 1.807) is 0 Å². The number of fused-ring (bicyclic) bond motifs is 1. The molecule has 0 radical (unpaired) electrons. The van der Waals surface area contributed by atoms with Gasteiger partial charge in [0.2, 0.25) is 0 Å². The van der Waals surface area contributed by atoms with Crippen molar-refractivity contribution >= 4 is 23.7 Å². The van der Waals surface area contributed by atoms with E-state index in [0.717, 1.165) is 40.3 Å². The standard InChI is InChI=1S/C13H14N4S/c1-17-8-15-10-6-9(2-3-12(10)17)11-7-14-13(16-11)4-5-18/h2-3,6-8,18H,4-5H2,1H3,(H,14,16). The van der Waals surface area contributed by atoms with E-state index in [4.69, 9.17) is 0 Å². The summed E-state index contributed by atoms with van der Waals surface area (Å²) in [5, 5.41) is 0. The Hall–Kier alpha value is -1.75. The van der Waals surface area contributed by atoms with Crippen molar-refractivity contribution in [1.29, 1.82) is 0 Å². The molecular formula is C13H14N4S. The van der Waals surface area contributed by atoms with Gasteiger partial charge in [-0.05, 0) is 17.9 Å². The first-order valence-corrected chi connectivity index (χ1v) is 6.47. The number of hydrogen-bond acceptors (Lipinski definition) is 3. The van der Waals surface area contributed by atoms with Crippen LogP contribution in [0.4, 0.5) is 0 Å². The minimum absolute atomic E-state index is 0.798. The van der Waals surface area contributed by atoms with E-state index in [0.29, 0.717) is 0 Å². The van der Waals surface area contributed by atoms with Gasteiger partial charge in [-0.2, -0.15) is 12.6 Å². The van der Waals surface area contributed by atoms with Crippen molar-refractivity contribution in [2.75, 3.05) is 5.75 Å². The van der Waals surface area contributed by atoms with Gasteiger partial charge >= 0.3 is 0 Å². The number of imidazole rings is 2. The zero-order chi connectivity index (χ0) is 12.5. The molecular weight excluding hydrogens is 244 g/mol. The van der Waals surface area contributed by atoms with E-state index in [1.165, 1.54) is 0 Å². The second kappa shape index (κ2) is 4.49. The normalized spacial score (nSPS) is 11.2. The quantitative estimate of drug-likeness (QED) is 0.709. The van der Waals surface area contributed by atoms with Crippen molar-refractivity contribution < 1.29 is 0 Å². The monoisotopic (exact) mass is 258 g/mol. The van der Waals surface area contributed by atoms with Gasteiger partial charge in [-0.15, -0.1) is 0 Å². The maximum atomic E-state index is 4.36. The molecule has 2 aromatic heterocycles. The maximum absolute atomic E-state index is 4.36. The SMILES string of the molecule is Cn1cnc2cc(-c3cnc(CCS)[nH]3)ccc21. The lowest BCUT2D eigenvalue weighted by Gasteiger charge is -1.99. The molecule has 0 bridgehead atoms. The van der Waals surface area contributed by atoms with Crippen LogP contribution < -0.4 is 0 Å². The first-order chi connectivity index (χ1) is 8.78. The van der Waals surface area contributed by atoms with Gasteiger partial charge in [0.1, 0.15) is 5.82 Å². The Balaban J connectivity index is 2.02. The first-order valence-electron chi connectivity index (χ1n) is 5.84. The second-order valence-electron chi connectivity index (χ2n) is 4.28. The molecule has 2 heterocycles. The molecule has 5 heteroatoms. The molecule has 0 fully saturated rings. The number of aryl methyl sites for hydroxylation is 2. The fourth-order valence-electron chi connectivity index (χ4n) is 2.05. The average molecular weight is 258 g/mol. The number of nitrogens with zero attached hydrogens (tertiary/aromatic N) is 3. The number of rotatable bonds is 3. The summed E-state index contributed by atoms with van der Waals surface area (Å²) in [6.45, 7) is 0. The van der Waals surface area contributed by atoms with E-state index >= 15 is 0 Å². The summed E-state index contributed by atoms with van der Waals surface area (Å²) in [5.74, 6) is 1.77. The highest BCUT2D eigenvalue weighted by Crippen LogP contribution is 2.22. The molecule has 0 aliphatic carbocycles. The summed E-state index contributed by atoms with van der Waals surface area (Å²) in [4.78, 5) is 12.0. The molecule has 0 saturated heterocycles. The molecule has 18 heavy (non-hydrogen) atoms. The second-order valence-corrected chi connectivity index (χ2v) is 4.72. The molecule has 92 valence electrons. The molecule has 1 aromatic carbocycles. The van der Waals surface area contributed by atoms with Crippen LogP contribution in [0, 0.1) is 0 Å². The van der Waals surface area contributed by atoms with Crippen molar-refractivity contribution in [3.8, 4) is 11.3 Å². The molecule has 0 aliphatic heterocycles. The first kappa shape index (κ1) is 11.3. The summed E-state index contributed by atoms with van der Waals surface area (Å²) < 4.78 is 2.01. The number of nitrogens with one attached hydrogen (secondary N) is 1. The van der Waals surface area contributed by atoms with Crippen LogP contribution in [0.2, 0.25) is 0 Å². The third kappa shape index (κ3) is 1.90. The largest absolute Gasteiger partial charge is 0.342 e. The number of thiol groups is 1. The van der Waals surface area contributed by atoms with Gasteiger partial charge in [0.25, 0.3) is 0 Å². The van der Waals surface area contributed by atoms with Gasteiger partial charge in [0, 0.05) is 19.0 Å². The Morgan fingerprint density at radius 1 is 1.33 bits per heavy atom. The molecule has 1 N–H and O–H groups in total. The fraction of sp³-hybridized carbons (Fsp3) is 0.231. The van der Waals surface area contributed by atoms with E-state index in [1.807, 2.05) is 24.1 Å². The number of aromatic nitrogens is 4. The third-order valence-electron chi connectivity index (χ3n) is 3.01. The van der Waals surface area contributed by atoms with Crippen molar-refractivity contribution in [3.05, 3.63) is 36.5 Å². The predicted molar refractivity (Wildman–Crippen MR) is 75.9 cm³/mol. The number of benzene rings is 1. The van der Waals surface area contributed by atoms with Gasteiger partial charge in [-0.1, -0.05) is 6.07 Å². The Morgan fingerprint density at radius 2 is 2.22 bits per heavy atom. The third-order valence-corrected chi connectivity index (χ3v) is 3.24. The lowest BCUT2D eigenvalue weighted by atomic mass is 10.1. The predicted octanol–water partition coefficient (Wildman–Crippen LogP) is 2.44. The minimum Gasteiger partial charge on any atom is -0.342 e. The van der Waals surface area contributed by atoms with Crippen LogP contribution in [-0.2, 0) is 13.5 Å². The minimum atomic E-state index is 0.798. The molecule has 0 spiro atoms. The van der Waals surface area contributed by atoms with Crippen LogP contribution in [0.3, 0.4) is 0 Å². The van der Waals surface area contributed by atoms with Gasteiger partial charge in [-0.3, -0.25) is 0 Å². The van der Waals surface area contributed by atoms with Gasteiger partial charge < -0.3 is 9.55 Å². The topological polar surface area (TPSA) is 46.5 Å². The van der Waals surface area contributed by atoms with Gasteiger partial charge in [0.15, 0.2) is 0 Å². The summed E-state index contributed by atoms with van der Waals surface area (Å²) in [5.41, 5.74) is 4.27. The zero-order valence-electron chi connectivity index (χ0n) is 10.1. The summed E-state index contributed by atoms with van der Waals surface area (Å²) >= 11 is 4.21. The molecule has 0 atom stereocenters. The van der Waals surface area contributed by atoms with Gasteiger partial charge in [-0.25, -0.2) is 9.97 Å². The molecule has 0 saturated carbocycles. The van der Waals surface area contributed by atoms with Crippen LogP contribution in [0.15, 0.2) is 30.7 Å². The smallest absolute Gasteiger partial charge is 0.107 e. The van der Waals surface area contributed by atoms with Crippen molar-refractivity contribution in [1.82, 2.24) is 19.5 Å². The molecule has 4 nitrogen and oxygen atoms in total. The summed E-state index contributed by atoms with van der Waals surface area (Å²) in [6, 6.07) is 6.24. The average Bonchev–Trinajstić information content (AvgIpc) is 2.97. The lowest BCUT2D eigenvalue weighted by Crippen LogP contribution is -1.88. The highest BCUT2D eigenvalue weighted by molar-refractivity contribution is 7.80. The van der Waals surface area contributed by atoms with E-state index in [2.05, 4.69) is 45.8 Å². The van der Waals surface area contributed by atoms with Crippen LogP contribution in [0.1, 0.15) is 5.82 Å².